The SMILES string of the molecule is CCC(CC)NC(=O)c1cn[nH]c1-c1ccc(OC)cc1. The fourth-order valence-corrected chi connectivity index (χ4v) is 2.19. The maximum absolute atomic E-state index is 12.4. The Kier molecular flexibility index (Phi) is 4.98. The molecule has 1 amide bonds. The van der Waals surface area contributed by atoms with E-state index >= 15 is 0 Å². The van der Waals surface area contributed by atoms with Crippen LogP contribution >= 0.6 is 0 Å². The van der Waals surface area contributed by atoms with Crippen LogP contribution in [0.1, 0.15) is 37.0 Å². The van der Waals surface area contributed by atoms with Crippen molar-refractivity contribution in [3.63, 3.8) is 0 Å². The number of amides is 1. The third kappa shape index (κ3) is 3.42. The third-order valence-corrected chi connectivity index (χ3v) is 3.58. The summed E-state index contributed by atoms with van der Waals surface area (Å²) >= 11 is 0. The predicted octanol–water partition coefficient (Wildman–Crippen LogP) is 3.00. The highest BCUT2D eigenvalue weighted by atomic mass is 16.5. The molecule has 2 aromatic rings. The molecule has 2 N–H and O–H groups in total. The van der Waals surface area contributed by atoms with Gasteiger partial charge in [0.05, 0.1) is 24.6 Å². The quantitative estimate of drug-likeness (QED) is 0.858. The van der Waals surface area contributed by atoms with Crippen LogP contribution in [0, 0.1) is 0 Å². The highest BCUT2D eigenvalue weighted by Crippen LogP contribution is 2.23. The summed E-state index contributed by atoms with van der Waals surface area (Å²) in [4.78, 5) is 12.4. The Labute approximate surface area is 124 Å². The van der Waals surface area contributed by atoms with Gasteiger partial charge in [0.15, 0.2) is 0 Å². The van der Waals surface area contributed by atoms with Gasteiger partial charge in [-0.1, -0.05) is 13.8 Å². The van der Waals surface area contributed by atoms with E-state index in [2.05, 4.69) is 29.4 Å². The Balaban J connectivity index is 2.23. The maximum atomic E-state index is 12.4. The largest absolute Gasteiger partial charge is 0.497 e. The molecule has 1 aromatic carbocycles. The van der Waals surface area contributed by atoms with Crippen LogP contribution in [0.4, 0.5) is 0 Å². The number of carbonyl (C=O) groups excluding carboxylic acids is 1. The second-order valence-electron chi connectivity index (χ2n) is 4.87. The Morgan fingerprint density at radius 1 is 1.29 bits per heavy atom. The van der Waals surface area contributed by atoms with Gasteiger partial charge < -0.3 is 10.1 Å². The first-order valence-electron chi connectivity index (χ1n) is 7.18. The standard InChI is InChI=1S/C16H21N3O2/c1-4-12(5-2)18-16(20)14-10-17-19-15(14)11-6-8-13(21-3)9-7-11/h6-10,12H,4-5H2,1-3H3,(H,17,19)(H,18,20). The second-order valence-corrected chi connectivity index (χ2v) is 4.87. The molecule has 1 aromatic heterocycles. The van der Waals surface area contributed by atoms with Crippen LogP contribution in [0.15, 0.2) is 30.5 Å². The first-order valence-corrected chi connectivity index (χ1v) is 7.18. The molecule has 0 aliphatic rings. The van der Waals surface area contributed by atoms with Crippen molar-refractivity contribution >= 4 is 5.91 Å². The summed E-state index contributed by atoms with van der Waals surface area (Å²) < 4.78 is 5.14. The summed E-state index contributed by atoms with van der Waals surface area (Å²) in [6.45, 7) is 4.13. The number of ether oxygens (including phenoxy) is 1. The summed E-state index contributed by atoms with van der Waals surface area (Å²) in [5.41, 5.74) is 2.19. The van der Waals surface area contributed by atoms with Crippen molar-refractivity contribution in [3.8, 4) is 17.0 Å². The van der Waals surface area contributed by atoms with Crippen molar-refractivity contribution < 1.29 is 9.53 Å². The van der Waals surface area contributed by atoms with Gasteiger partial charge in [0.1, 0.15) is 5.75 Å². The van der Waals surface area contributed by atoms with Gasteiger partial charge in [-0.2, -0.15) is 5.10 Å². The lowest BCUT2D eigenvalue weighted by molar-refractivity contribution is 0.0935. The lowest BCUT2D eigenvalue weighted by Crippen LogP contribution is -2.33. The Bertz CT molecular complexity index is 586. The van der Waals surface area contributed by atoms with Crippen LogP contribution in [-0.4, -0.2) is 29.3 Å². The van der Waals surface area contributed by atoms with E-state index < -0.39 is 0 Å². The van der Waals surface area contributed by atoms with E-state index in [1.807, 2.05) is 24.3 Å². The number of nitrogens with one attached hydrogen (secondary N) is 2. The monoisotopic (exact) mass is 287 g/mol. The van der Waals surface area contributed by atoms with Gasteiger partial charge in [-0.25, -0.2) is 0 Å². The van der Waals surface area contributed by atoms with E-state index in [4.69, 9.17) is 4.74 Å². The zero-order valence-corrected chi connectivity index (χ0v) is 12.6. The van der Waals surface area contributed by atoms with Crippen molar-refractivity contribution in [2.75, 3.05) is 7.11 Å². The normalized spacial score (nSPS) is 10.7. The smallest absolute Gasteiger partial charge is 0.255 e. The number of aromatic nitrogens is 2. The number of hydrogen-bond acceptors (Lipinski definition) is 3. The van der Waals surface area contributed by atoms with Gasteiger partial charge in [0, 0.05) is 11.6 Å². The summed E-state index contributed by atoms with van der Waals surface area (Å²) in [5.74, 6) is 0.685. The van der Waals surface area contributed by atoms with Gasteiger partial charge in [0.25, 0.3) is 5.91 Å². The van der Waals surface area contributed by atoms with Crippen molar-refractivity contribution in [1.82, 2.24) is 15.5 Å². The number of carbonyl (C=O) groups is 1. The molecule has 2 rings (SSSR count). The summed E-state index contributed by atoms with van der Waals surface area (Å²) in [7, 11) is 1.62. The van der Waals surface area contributed by atoms with Crippen LogP contribution < -0.4 is 10.1 Å². The van der Waals surface area contributed by atoms with E-state index in [-0.39, 0.29) is 11.9 Å². The van der Waals surface area contributed by atoms with Crippen molar-refractivity contribution in [2.45, 2.75) is 32.7 Å². The Morgan fingerprint density at radius 3 is 2.52 bits per heavy atom. The van der Waals surface area contributed by atoms with E-state index in [0.717, 1.165) is 29.8 Å². The fraction of sp³-hybridized carbons (Fsp3) is 0.375. The maximum Gasteiger partial charge on any atom is 0.255 e. The molecule has 21 heavy (non-hydrogen) atoms. The molecule has 1 heterocycles. The highest BCUT2D eigenvalue weighted by Gasteiger charge is 2.17. The Hall–Kier alpha value is -2.30. The number of nitrogens with zero attached hydrogens (tertiary/aromatic N) is 1. The molecule has 0 unspecified atom stereocenters. The molecule has 5 nitrogen and oxygen atoms in total. The molecule has 0 aliphatic carbocycles. The van der Waals surface area contributed by atoms with Crippen LogP contribution in [0.2, 0.25) is 0 Å². The minimum Gasteiger partial charge on any atom is -0.497 e. The lowest BCUT2D eigenvalue weighted by Gasteiger charge is -2.14. The minimum atomic E-state index is -0.0942. The van der Waals surface area contributed by atoms with Gasteiger partial charge in [-0.3, -0.25) is 9.89 Å². The first-order chi connectivity index (χ1) is 10.2. The van der Waals surface area contributed by atoms with Gasteiger partial charge in [-0.15, -0.1) is 0 Å². The van der Waals surface area contributed by atoms with Crippen LogP contribution in [0.25, 0.3) is 11.3 Å². The van der Waals surface area contributed by atoms with E-state index in [1.165, 1.54) is 0 Å². The van der Waals surface area contributed by atoms with E-state index in [1.54, 1.807) is 13.3 Å². The Morgan fingerprint density at radius 2 is 1.95 bits per heavy atom. The molecule has 0 aliphatic heterocycles. The summed E-state index contributed by atoms with van der Waals surface area (Å²) in [5, 5.41) is 9.93. The summed E-state index contributed by atoms with van der Waals surface area (Å²) in [6.07, 6.45) is 3.40. The minimum absolute atomic E-state index is 0.0942. The number of methoxy groups -OCH3 is 1. The van der Waals surface area contributed by atoms with Gasteiger partial charge in [0.2, 0.25) is 0 Å². The van der Waals surface area contributed by atoms with Gasteiger partial charge >= 0.3 is 0 Å². The van der Waals surface area contributed by atoms with Crippen molar-refractivity contribution in [2.24, 2.45) is 0 Å². The van der Waals surface area contributed by atoms with Crippen molar-refractivity contribution in [1.29, 1.82) is 0 Å². The topological polar surface area (TPSA) is 67.0 Å². The number of aromatic amines is 1. The molecular weight excluding hydrogens is 266 g/mol. The zero-order valence-electron chi connectivity index (χ0n) is 12.6. The lowest BCUT2D eigenvalue weighted by atomic mass is 10.1. The zero-order chi connectivity index (χ0) is 15.2. The first kappa shape index (κ1) is 15.1. The molecule has 0 saturated heterocycles. The third-order valence-electron chi connectivity index (χ3n) is 3.58. The van der Waals surface area contributed by atoms with Crippen LogP contribution in [-0.2, 0) is 0 Å². The fourth-order valence-electron chi connectivity index (χ4n) is 2.19. The predicted molar refractivity (Wildman–Crippen MR) is 82.4 cm³/mol. The molecule has 0 spiro atoms. The molecule has 0 saturated carbocycles. The molecule has 0 fully saturated rings. The number of rotatable bonds is 6. The second kappa shape index (κ2) is 6.92. The molecule has 112 valence electrons. The van der Waals surface area contributed by atoms with E-state index in [9.17, 15) is 4.79 Å². The number of H-pyrrole nitrogens is 1. The molecular formula is C16H21N3O2. The van der Waals surface area contributed by atoms with E-state index in [0.29, 0.717) is 5.56 Å². The number of hydrogen-bond donors (Lipinski definition) is 2. The molecule has 0 atom stereocenters. The average molecular weight is 287 g/mol. The average Bonchev–Trinajstić information content (AvgIpc) is 3.02. The molecule has 5 heteroatoms. The molecule has 0 radical (unpaired) electrons. The van der Waals surface area contributed by atoms with Crippen molar-refractivity contribution in [3.05, 3.63) is 36.0 Å². The summed E-state index contributed by atoms with van der Waals surface area (Å²) in [6, 6.07) is 7.72. The van der Waals surface area contributed by atoms with Gasteiger partial charge in [-0.05, 0) is 37.1 Å². The number of benzene rings is 1. The highest BCUT2D eigenvalue weighted by molar-refractivity contribution is 5.99. The van der Waals surface area contributed by atoms with Crippen LogP contribution in [0.5, 0.6) is 5.75 Å². The molecule has 0 bridgehead atoms. The van der Waals surface area contributed by atoms with Crippen LogP contribution in [0.3, 0.4) is 0 Å².